The van der Waals surface area contributed by atoms with E-state index >= 15 is 0 Å². The molecule has 0 aliphatic rings. The first-order valence-electron chi connectivity index (χ1n) is 10.9. The van der Waals surface area contributed by atoms with E-state index in [4.69, 9.17) is 9.97 Å². The lowest BCUT2D eigenvalue weighted by molar-refractivity contribution is 1.10. The monoisotopic (exact) mass is 467 g/mol. The van der Waals surface area contributed by atoms with Crippen LogP contribution in [0.15, 0.2) is 61.5 Å². The maximum Gasteiger partial charge on any atom is 0.161 e. The van der Waals surface area contributed by atoms with Crippen molar-refractivity contribution in [3.05, 3.63) is 82.6 Å². The van der Waals surface area contributed by atoms with E-state index in [0.29, 0.717) is 11.5 Å². The number of nitrogens with zero attached hydrogens (tertiary/aromatic N) is 5. The van der Waals surface area contributed by atoms with Gasteiger partial charge in [-0.3, -0.25) is 10.1 Å². The van der Waals surface area contributed by atoms with Crippen molar-refractivity contribution in [2.45, 2.75) is 13.8 Å². The molecule has 5 heterocycles. The van der Waals surface area contributed by atoms with Crippen molar-refractivity contribution in [2.75, 3.05) is 19.0 Å². The Labute approximate surface area is 201 Å². The Kier molecular flexibility index (Phi) is 5.59. The second kappa shape index (κ2) is 8.72. The van der Waals surface area contributed by atoms with E-state index in [1.165, 1.54) is 4.88 Å². The van der Waals surface area contributed by atoms with Gasteiger partial charge in [-0.15, -0.1) is 11.3 Å². The molecule has 7 nitrogen and oxygen atoms in total. The van der Waals surface area contributed by atoms with Crippen LogP contribution >= 0.6 is 11.3 Å². The average molecular weight is 468 g/mol. The Balaban J connectivity index is 1.59. The topological polar surface area (TPSA) is 86.4 Å². The van der Waals surface area contributed by atoms with Gasteiger partial charge in [0, 0.05) is 46.9 Å². The van der Waals surface area contributed by atoms with Gasteiger partial charge in [-0.25, -0.2) is 9.97 Å². The van der Waals surface area contributed by atoms with Crippen molar-refractivity contribution in [3.8, 4) is 22.8 Å². The number of imidazole rings is 1. The summed E-state index contributed by atoms with van der Waals surface area (Å²) in [5.74, 6) is 0.673. The van der Waals surface area contributed by atoms with Gasteiger partial charge in [-0.05, 0) is 44.2 Å². The van der Waals surface area contributed by atoms with Gasteiger partial charge in [0.15, 0.2) is 11.5 Å². The fraction of sp³-hybridized carbons (Fsp3) is 0.154. The molecule has 5 rings (SSSR count). The molecule has 0 aromatic carbocycles. The van der Waals surface area contributed by atoms with Crippen molar-refractivity contribution in [3.63, 3.8) is 0 Å². The van der Waals surface area contributed by atoms with Crippen molar-refractivity contribution in [1.82, 2.24) is 30.1 Å². The van der Waals surface area contributed by atoms with Crippen LogP contribution in [0.3, 0.4) is 0 Å². The summed E-state index contributed by atoms with van der Waals surface area (Å²) in [6.07, 6.45) is 7.46. The molecule has 0 aliphatic carbocycles. The summed E-state index contributed by atoms with van der Waals surface area (Å²) in [7, 11) is 3.99. The maximum atomic E-state index is 4.94. The molecule has 0 atom stereocenters. The highest BCUT2D eigenvalue weighted by Crippen LogP contribution is 2.33. The van der Waals surface area contributed by atoms with Gasteiger partial charge in [-0.2, -0.15) is 5.10 Å². The van der Waals surface area contributed by atoms with Gasteiger partial charge < -0.3 is 9.88 Å². The summed E-state index contributed by atoms with van der Waals surface area (Å²) in [6.45, 7) is 8.02. The minimum Gasteiger partial charge on any atom is -0.376 e. The number of nitrogens with one attached hydrogen (secondary N) is 2. The van der Waals surface area contributed by atoms with E-state index in [0.717, 1.165) is 49.8 Å². The smallest absolute Gasteiger partial charge is 0.161 e. The molecule has 34 heavy (non-hydrogen) atoms. The highest BCUT2D eigenvalue weighted by molar-refractivity contribution is 7.13. The van der Waals surface area contributed by atoms with Gasteiger partial charge in [0.05, 0.1) is 28.8 Å². The second-order valence-corrected chi connectivity index (χ2v) is 9.56. The zero-order valence-electron chi connectivity index (χ0n) is 19.5. The van der Waals surface area contributed by atoms with Crippen LogP contribution in [0.25, 0.3) is 39.4 Å². The molecule has 0 fully saturated rings. The molecule has 0 aliphatic heterocycles. The molecule has 0 spiro atoms. The molecular weight excluding hydrogens is 442 g/mol. The summed E-state index contributed by atoms with van der Waals surface area (Å²) in [5.41, 5.74) is 7.96. The number of hydrogen-bond acceptors (Lipinski definition) is 6. The van der Waals surface area contributed by atoms with Crippen molar-refractivity contribution < 1.29 is 0 Å². The van der Waals surface area contributed by atoms with E-state index in [2.05, 4.69) is 51.9 Å². The molecule has 2 N–H and O–H groups in total. The highest BCUT2D eigenvalue weighted by atomic mass is 32.1. The molecule has 0 saturated heterocycles. The molecule has 0 saturated carbocycles. The van der Waals surface area contributed by atoms with Crippen LogP contribution in [0.4, 0.5) is 5.69 Å². The van der Waals surface area contributed by atoms with Crippen LogP contribution in [0.1, 0.15) is 21.1 Å². The predicted octanol–water partition coefficient (Wildman–Crippen LogP) is 5.77. The maximum absolute atomic E-state index is 4.94. The fourth-order valence-electron chi connectivity index (χ4n) is 3.85. The first-order chi connectivity index (χ1) is 16.4. The van der Waals surface area contributed by atoms with Crippen molar-refractivity contribution in [2.24, 2.45) is 0 Å². The van der Waals surface area contributed by atoms with E-state index in [9.17, 15) is 0 Å². The summed E-state index contributed by atoms with van der Waals surface area (Å²) in [4.78, 5) is 22.1. The van der Waals surface area contributed by atoms with E-state index in [1.54, 1.807) is 17.4 Å². The van der Waals surface area contributed by atoms with E-state index in [-0.39, 0.29) is 0 Å². The third-order valence-corrected chi connectivity index (χ3v) is 6.63. The zero-order chi connectivity index (χ0) is 23.8. The lowest BCUT2D eigenvalue weighted by Crippen LogP contribution is -2.08. The minimum absolute atomic E-state index is 0.673. The van der Waals surface area contributed by atoms with Crippen LogP contribution in [-0.4, -0.2) is 44.2 Å². The number of aromatic amines is 2. The predicted molar refractivity (Wildman–Crippen MR) is 140 cm³/mol. The Morgan fingerprint density at radius 3 is 2.68 bits per heavy atom. The first-order valence-corrected chi connectivity index (χ1v) is 11.7. The standard InChI is InChI=1S/C26H25N7S/c1-6-7-19(22-11-8-15(2)34-22)23-16(3)28-26(30-23)25-24-21(31-32-25)10-9-20(29-24)17-12-18(33(4)5)14-27-13-17/h6-14H,1H2,2-5H3,(H,28,30)(H,31,32)/b19-7-. The SMILES string of the molecule is C=C/C=C(/c1ccc(C)s1)c1nc(-c2n[nH]c3ccc(-c4cncc(N(C)C)c4)nc23)[nH]c1C. The Hall–Kier alpha value is -4.04. The van der Waals surface area contributed by atoms with E-state index < -0.39 is 0 Å². The third-order valence-electron chi connectivity index (χ3n) is 5.60. The number of allylic oxidation sites excluding steroid dienone is 2. The molecule has 170 valence electrons. The number of rotatable bonds is 6. The van der Waals surface area contributed by atoms with Crippen LogP contribution in [0, 0.1) is 13.8 Å². The highest BCUT2D eigenvalue weighted by Gasteiger charge is 2.19. The number of fused-ring (bicyclic) bond motifs is 1. The van der Waals surface area contributed by atoms with Crippen LogP contribution < -0.4 is 4.90 Å². The van der Waals surface area contributed by atoms with Gasteiger partial charge >= 0.3 is 0 Å². The molecule has 5 aromatic rings. The molecule has 0 unspecified atom stereocenters. The number of aromatic nitrogens is 6. The number of hydrogen-bond donors (Lipinski definition) is 2. The molecule has 8 heteroatoms. The zero-order valence-corrected chi connectivity index (χ0v) is 20.4. The number of aryl methyl sites for hydroxylation is 2. The van der Waals surface area contributed by atoms with Crippen LogP contribution in [0.2, 0.25) is 0 Å². The third kappa shape index (κ3) is 3.92. The Morgan fingerprint density at radius 1 is 1.09 bits per heavy atom. The largest absolute Gasteiger partial charge is 0.376 e. The van der Waals surface area contributed by atoms with E-state index in [1.807, 2.05) is 56.5 Å². The van der Waals surface area contributed by atoms with Gasteiger partial charge in [-0.1, -0.05) is 18.7 Å². The summed E-state index contributed by atoms with van der Waals surface area (Å²) >= 11 is 1.74. The Bertz CT molecular complexity index is 1530. The summed E-state index contributed by atoms with van der Waals surface area (Å²) in [6, 6.07) is 10.3. The molecule has 0 radical (unpaired) electrons. The van der Waals surface area contributed by atoms with Gasteiger partial charge in [0.2, 0.25) is 0 Å². The number of H-pyrrole nitrogens is 2. The minimum atomic E-state index is 0.673. The first kappa shape index (κ1) is 21.8. The van der Waals surface area contributed by atoms with Gasteiger partial charge in [0.1, 0.15) is 5.52 Å². The Morgan fingerprint density at radius 2 is 1.94 bits per heavy atom. The van der Waals surface area contributed by atoms with Gasteiger partial charge in [0.25, 0.3) is 0 Å². The van der Waals surface area contributed by atoms with Crippen molar-refractivity contribution in [1.29, 1.82) is 0 Å². The lowest BCUT2D eigenvalue weighted by atomic mass is 10.1. The number of anilines is 1. The number of thiophene rings is 1. The molecule has 0 bridgehead atoms. The quantitative estimate of drug-likeness (QED) is 0.310. The molecule has 0 amide bonds. The van der Waals surface area contributed by atoms with Crippen LogP contribution in [0.5, 0.6) is 0 Å². The van der Waals surface area contributed by atoms with Crippen LogP contribution in [-0.2, 0) is 0 Å². The molecular formula is C26H25N7S. The number of pyridine rings is 2. The molecule has 5 aromatic heterocycles. The lowest BCUT2D eigenvalue weighted by Gasteiger charge is -2.12. The summed E-state index contributed by atoms with van der Waals surface area (Å²) < 4.78 is 0. The summed E-state index contributed by atoms with van der Waals surface area (Å²) in [5, 5.41) is 7.63. The normalized spacial score (nSPS) is 11.8. The average Bonchev–Trinajstić information content (AvgIpc) is 3.55. The fourth-order valence-corrected chi connectivity index (χ4v) is 4.74. The van der Waals surface area contributed by atoms with Crippen molar-refractivity contribution >= 4 is 33.6 Å². The second-order valence-electron chi connectivity index (χ2n) is 8.28.